The number of carboxylic acids is 1. The molecule has 5 N–H and O–H groups in total. The van der Waals surface area contributed by atoms with Gasteiger partial charge in [0.05, 0.1) is 0 Å². The summed E-state index contributed by atoms with van der Waals surface area (Å²) in [6.07, 6.45) is 0. The van der Waals surface area contributed by atoms with Crippen LogP contribution in [0.1, 0.15) is 0 Å². The summed E-state index contributed by atoms with van der Waals surface area (Å²) < 4.78 is 0. The van der Waals surface area contributed by atoms with E-state index < -0.39 is 12.0 Å². The number of nitrogens with two attached hydrogens (primary N) is 2. The highest BCUT2D eigenvalue weighted by molar-refractivity contribution is 8.76. The van der Waals surface area contributed by atoms with Gasteiger partial charge in [-0.1, -0.05) is 33.7 Å². The second-order valence-corrected chi connectivity index (χ2v) is 5.23. The van der Waals surface area contributed by atoms with Gasteiger partial charge in [-0.15, -0.1) is 0 Å². The summed E-state index contributed by atoms with van der Waals surface area (Å²) in [5.41, 5.74) is 11.8. The fourth-order valence-electron chi connectivity index (χ4n) is 0.799. The van der Waals surface area contributed by atoms with Crippen LogP contribution in [0.3, 0.4) is 0 Å². The first-order chi connectivity index (χ1) is 7.11. The molecule has 0 aliphatic rings. The van der Waals surface area contributed by atoms with E-state index in [1.165, 1.54) is 21.6 Å². The van der Waals surface area contributed by atoms with Crippen LogP contribution >= 0.6 is 21.6 Å². The number of nitrogen functional groups attached to an aromatic ring is 1. The van der Waals surface area contributed by atoms with Crippen LogP contribution in [-0.4, -0.2) is 22.9 Å². The van der Waals surface area contributed by atoms with Gasteiger partial charge in [-0.25, -0.2) is 0 Å². The van der Waals surface area contributed by atoms with Gasteiger partial charge in [-0.2, -0.15) is 0 Å². The molecule has 1 atom stereocenters. The third-order valence-electron chi connectivity index (χ3n) is 1.63. The molecular weight excluding hydrogens is 232 g/mol. The van der Waals surface area contributed by atoms with Crippen LogP contribution in [0.15, 0.2) is 29.2 Å². The van der Waals surface area contributed by atoms with E-state index in [4.69, 9.17) is 16.6 Å². The molecular formula is C9H12N2O2S2. The quantitative estimate of drug-likeness (QED) is 0.536. The largest absolute Gasteiger partial charge is 0.480 e. The fraction of sp³-hybridized carbons (Fsp3) is 0.222. The lowest BCUT2D eigenvalue weighted by molar-refractivity contribution is -0.137. The van der Waals surface area contributed by atoms with Crippen molar-refractivity contribution in [2.75, 3.05) is 11.5 Å². The predicted octanol–water partition coefficient (Wildman–Crippen LogP) is 1.42. The number of aliphatic carboxylic acids is 1. The third kappa shape index (κ3) is 4.03. The number of hydrogen-bond donors (Lipinski definition) is 3. The highest BCUT2D eigenvalue weighted by Crippen LogP contribution is 2.34. The zero-order chi connectivity index (χ0) is 11.3. The molecule has 4 nitrogen and oxygen atoms in total. The summed E-state index contributed by atoms with van der Waals surface area (Å²) in [5, 5.41) is 8.56. The van der Waals surface area contributed by atoms with Gasteiger partial charge < -0.3 is 16.6 Å². The van der Waals surface area contributed by atoms with Crippen molar-refractivity contribution in [3.63, 3.8) is 0 Å². The maximum absolute atomic E-state index is 10.4. The molecule has 0 bridgehead atoms. The minimum absolute atomic E-state index is 0.355. The number of carboxylic acid groups (broad SMARTS) is 1. The van der Waals surface area contributed by atoms with Crippen molar-refractivity contribution in [1.82, 2.24) is 0 Å². The van der Waals surface area contributed by atoms with Gasteiger partial charge >= 0.3 is 5.97 Å². The van der Waals surface area contributed by atoms with E-state index in [2.05, 4.69) is 0 Å². The zero-order valence-electron chi connectivity index (χ0n) is 7.92. The van der Waals surface area contributed by atoms with Gasteiger partial charge in [-0.3, -0.25) is 4.79 Å². The van der Waals surface area contributed by atoms with E-state index in [-0.39, 0.29) is 0 Å². The standard InChI is InChI=1S/C9H12N2O2S2/c10-6-3-1-2-4-8(6)15-14-5-7(11)9(12)13/h1-4,7H,5,10-11H2,(H,12,13)/t7-/m0/s1. The second kappa shape index (κ2) is 5.89. The van der Waals surface area contributed by atoms with Gasteiger partial charge in [0.15, 0.2) is 0 Å². The van der Waals surface area contributed by atoms with Crippen LogP contribution in [0.25, 0.3) is 0 Å². The number of para-hydroxylation sites is 1. The minimum Gasteiger partial charge on any atom is -0.480 e. The lowest BCUT2D eigenvalue weighted by Crippen LogP contribution is -2.32. The number of carbonyl (C=O) groups is 1. The Bertz CT molecular complexity index is 347. The molecule has 0 saturated carbocycles. The molecule has 0 aromatic heterocycles. The van der Waals surface area contributed by atoms with E-state index in [1.807, 2.05) is 18.2 Å². The molecule has 0 heterocycles. The monoisotopic (exact) mass is 244 g/mol. The molecule has 1 aromatic carbocycles. The highest BCUT2D eigenvalue weighted by atomic mass is 33.1. The number of rotatable bonds is 5. The summed E-state index contributed by atoms with van der Waals surface area (Å²) in [6, 6.07) is 6.61. The van der Waals surface area contributed by atoms with Crippen molar-refractivity contribution in [2.45, 2.75) is 10.9 Å². The summed E-state index contributed by atoms with van der Waals surface area (Å²) in [5.74, 6) is -0.627. The SMILES string of the molecule is Nc1ccccc1SSC[C@H](N)C(=O)O. The van der Waals surface area contributed by atoms with E-state index in [0.29, 0.717) is 11.4 Å². The molecule has 0 aliphatic heterocycles. The first kappa shape index (κ1) is 12.2. The Labute approximate surface area is 95.8 Å². The van der Waals surface area contributed by atoms with Crippen molar-refractivity contribution >= 4 is 33.2 Å². The molecule has 0 saturated heterocycles. The fourth-order valence-corrected chi connectivity index (χ4v) is 3.06. The lowest BCUT2D eigenvalue weighted by Gasteiger charge is -2.06. The van der Waals surface area contributed by atoms with E-state index in [9.17, 15) is 4.79 Å². The Morgan fingerprint density at radius 1 is 1.47 bits per heavy atom. The Hall–Kier alpha value is -0.850. The average molecular weight is 244 g/mol. The molecule has 82 valence electrons. The van der Waals surface area contributed by atoms with Gasteiger partial charge in [-0.05, 0) is 12.1 Å². The maximum Gasteiger partial charge on any atom is 0.321 e. The van der Waals surface area contributed by atoms with Crippen LogP contribution in [0.5, 0.6) is 0 Å². The normalized spacial score (nSPS) is 12.3. The topological polar surface area (TPSA) is 89.3 Å². The molecule has 1 rings (SSSR count). The van der Waals surface area contributed by atoms with Crippen LogP contribution in [0.2, 0.25) is 0 Å². The maximum atomic E-state index is 10.4. The van der Waals surface area contributed by atoms with Gasteiger partial charge in [0.25, 0.3) is 0 Å². The lowest BCUT2D eigenvalue weighted by atomic mass is 10.3. The molecule has 15 heavy (non-hydrogen) atoms. The Kier molecular flexibility index (Phi) is 4.80. The number of hydrogen-bond acceptors (Lipinski definition) is 5. The molecule has 6 heteroatoms. The first-order valence-electron chi connectivity index (χ1n) is 4.23. The molecule has 1 aromatic rings. The van der Waals surface area contributed by atoms with Crippen LogP contribution in [0, 0.1) is 0 Å². The molecule has 0 fully saturated rings. The van der Waals surface area contributed by atoms with Crippen molar-refractivity contribution in [3.8, 4) is 0 Å². The Morgan fingerprint density at radius 3 is 2.73 bits per heavy atom. The second-order valence-electron chi connectivity index (χ2n) is 2.85. The smallest absolute Gasteiger partial charge is 0.321 e. The van der Waals surface area contributed by atoms with Crippen LogP contribution in [0.4, 0.5) is 5.69 Å². The summed E-state index contributed by atoms with van der Waals surface area (Å²) in [4.78, 5) is 11.4. The van der Waals surface area contributed by atoms with Crippen molar-refractivity contribution in [2.24, 2.45) is 5.73 Å². The van der Waals surface area contributed by atoms with Gasteiger partial charge in [0.2, 0.25) is 0 Å². The molecule has 0 spiro atoms. The average Bonchev–Trinajstić information content (AvgIpc) is 2.20. The van der Waals surface area contributed by atoms with Crippen LogP contribution in [-0.2, 0) is 4.79 Å². The first-order valence-corrected chi connectivity index (χ1v) is 6.55. The summed E-state index contributed by atoms with van der Waals surface area (Å²) in [7, 11) is 2.83. The van der Waals surface area contributed by atoms with E-state index >= 15 is 0 Å². The minimum atomic E-state index is -0.982. The van der Waals surface area contributed by atoms with Gasteiger partial charge in [0.1, 0.15) is 6.04 Å². The van der Waals surface area contributed by atoms with E-state index in [1.54, 1.807) is 6.07 Å². The number of benzene rings is 1. The summed E-state index contributed by atoms with van der Waals surface area (Å²) in [6.45, 7) is 0. The Morgan fingerprint density at radius 2 is 2.13 bits per heavy atom. The molecule has 0 unspecified atom stereocenters. The summed E-state index contributed by atoms with van der Waals surface area (Å²) >= 11 is 0. The van der Waals surface area contributed by atoms with Gasteiger partial charge in [0, 0.05) is 16.3 Å². The predicted molar refractivity (Wildman–Crippen MR) is 64.8 cm³/mol. The molecule has 0 radical (unpaired) electrons. The number of anilines is 1. The molecule has 0 amide bonds. The zero-order valence-corrected chi connectivity index (χ0v) is 9.55. The van der Waals surface area contributed by atoms with Crippen molar-refractivity contribution in [3.05, 3.63) is 24.3 Å². The van der Waals surface area contributed by atoms with E-state index in [0.717, 1.165) is 4.90 Å². The van der Waals surface area contributed by atoms with Crippen molar-refractivity contribution in [1.29, 1.82) is 0 Å². The van der Waals surface area contributed by atoms with Crippen LogP contribution < -0.4 is 11.5 Å². The Balaban J connectivity index is 2.38. The third-order valence-corrected chi connectivity index (χ3v) is 4.10. The molecule has 0 aliphatic carbocycles. The van der Waals surface area contributed by atoms with Crippen molar-refractivity contribution < 1.29 is 9.90 Å². The highest BCUT2D eigenvalue weighted by Gasteiger charge is 2.11.